The van der Waals surface area contributed by atoms with Crippen LogP contribution in [0, 0.1) is 0 Å². The van der Waals surface area contributed by atoms with Crippen LogP contribution >= 0.6 is 23.4 Å². The van der Waals surface area contributed by atoms with Crippen LogP contribution in [0.3, 0.4) is 0 Å². The number of ether oxygens (including phenoxy) is 1. The van der Waals surface area contributed by atoms with Crippen molar-refractivity contribution in [3.8, 4) is 5.75 Å². The maximum Gasteiger partial charge on any atom is 0.342 e. The zero-order valence-corrected chi connectivity index (χ0v) is 14.8. The smallest absolute Gasteiger partial charge is 0.342 e. The Balaban J connectivity index is 1.97. The summed E-state index contributed by atoms with van der Waals surface area (Å²) < 4.78 is 11.1. The number of nitrogens with zero attached hydrogens (tertiary/aromatic N) is 1. The number of rotatable bonds is 6. The molecule has 1 aromatic heterocycles. The van der Waals surface area contributed by atoms with Crippen LogP contribution in [0.15, 0.2) is 57.0 Å². The van der Waals surface area contributed by atoms with Gasteiger partial charge in [-0.3, -0.25) is 0 Å². The monoisotopic (exact) mass is 375 g/mol. The van der Waals surface area contributed by atoms with Crippen LogP contribution in [-0.2, 0) is 4.79 Å². The molecule has 0 aliphatic carbocycles. The van der Waals surface area contributed by atoms with Gasteiger partial charge in [0.1, 0.15) is 16.2 Å². The van der Waals surface area contributed by atoms with Crippen molar-refractivity contribution in [3.63, 3.8) is 0 Å². The van der Waals surface area contributed by atoms with Crippen molar-refractivity contribution < 1.29 is 19.1 Å². The number of carboxylic acids is 1. The Morgan fingerprint density at radius 1 is 1.36 bits per heavy atom. The fourth-order valence-corrected chi connectivity index (χ4v) is 3.10. The molecule has 0 fully saturated rings. The Bertz CT molecular complexity index is 918. The molecule has 0 spiro atoms. The quantitative estimate of drug-likeness (QED) is 0.477. The third-order valence-corrected chi connectivity index (χ3v) is 4.34. The second kappa shape index (κ2) is 7.63. The maximum absolute atomic E-state index is 11.6. The highest BCUT2D eigenvalue weighted by Gasteiger charge is 2.16. The lowest BCUT2D eigenvalue weighted by molar-refractivity contribution is -0.131. The summed E-state index contributed by atoms with van der Waals surface area (Å²) >= 11 is 6.96. The molecule has 3 aromatic rings. The minimum Gasteiger partial charge on any atom is -0.493 e. The highest BCUT2D eigenvalue weighted by Crippen LogP contribution is 2.33. The van der Waals surface area contributed by atoms with E-state index in [1.807, 2.05) is 19.1 Å². The van der Waals surface area contributed by atoms with Gasteiger partial charge in [-0.05, 0) is 55.1 Å². The Labute approximate surface area is 153 Å². The lowest BCUT2D eigenvalue weighted by atomic mass is 10.2. The summed E-state index contributed by atoms with van der Waals surface area (Å²) in [6.45, 7) is 2.32. The van der Waals surface area contributed by atoms with Crippen molar-refractivity contribution in [2.45, 2.75) is 12.1 Å². The third-order valence-electron chi connectivity index (χ3n) is 3.24. The van der Waals surface area contributed by atoms with Crippen LogP contribution in [0.4, 0.5) is 0 Å². The van der Waals surface area contributed by atoms with E-state index >= 15 is 0 Å². The summed E-state index contributed by atoms with van der Waals surface area (Å²) in [5.74, 6) is -0.529. The fourth-order valence-electron chi connectivity index (χ4n) is 2.18. The molecule has 3 rings (SSSR count). The predicted octanol–water partition coefficient (Wildman–Crippen LogP) is 5.10. The first-order chi connectivity index (χ1) is 12.1. The first-order valence-electron chi connectivity index (χ1n) is 7.47. The van der Waals surface area contributed by atoms with E-state index in [1.54, 1.807) is 30.3 Å². The highest BCUT2D eigenvalue weighted by atomic mass is 35.5. The molecule has 0 atom stereocenters. The first kappa shape index (κ1) is 17.4. The van der Waals surface area contributed by atoms with E-state index in [0.717, 1.165) is 11.8 Å². The number of oxazole rings is 1. The summed E-state index contributed by atoms with van der Waals surface area (Å²) in [5.41, 5.74) is 1.86. The van der Waals surface area contributed by atoms with Gasteiger partial charge in [0, 0.05) is 10.6 Å². The van der Waals surface area contributed by atoms with Crippen LogP contribution in [0.5, 0.6) is 5.75 Å². The summed E-state index contributed by atoms with van der Waals surface area (Å²) in [6, 6.07) is 12.3. The van der Waals surface area contributed by atoms with E-state index < -0.39 is 5.97 Å². The number of halogens is 1. The number of fused-ring (bicyclic) bond motifs is 1. The standard InChI is InChI=1S/C18H14ClNO4S/c1-2-23-14-8-7-12(19)9-11(14)10-16(17(21)22)25-18-20-13-5-3-4-6-15(13)24-18/h3-10H,2H2,1H3,(H,21,22)/b16-10-. The molecule has 0 saturated carbocycles. The minimum absolute atomic E-state index is 0.0507. The number of aromatic nitrogens is 1. The Morgan fingerprint density at radius 3 is 2.88 bits per heavy atom. The van der Waals surface area contributed by atoms with Gasteiger partial charge in [-0.2, -0.15) is 0 Å². The van der Waals surface area contributed by atoms with E-state index in [4.69, 9.17) is 20.8 Å². The minimum atomic E-state index is -1.09. The van der Waals surface area contributed by atoms with E-state index in [-0.39, 0.29) is 10.1 Å². The van der Waals surface area contributed by atoms with Gasteiger partial charge >= 0.3 is 5.97 Å². The van der Waals surface area contributed by atoms with E-state index in [2.05, 4.69) is 4.98 Å². The number of benzene rings is 2. The number of hydrogen-bond acceptors (Lipinski definition) is 5. The van der Waals surface area contributed by atoms with Gasteiger partial charge in [0.25, 0.3) is 5.22 Å². The van der Waals surface area contributed by atoms with Crippen molar-refractivity contribution in [1.29, 1.82) is 0 Å². The van der Waals surface area contributed by atoms with E-state index in [9.17, 15) is 9.90 Å². The molecule has 1 N–H and O–H groups in total. The van der Waals surface area contributed by atoms with Gasteiger partial charge in [-0.15, -0.1) is 0 Å². The number of carboxylic acid groups (broad SMARTS) is 1. The molecule has 0 aliphatic heterocycles. The van der Waals surface area contributed by atoms with Crippen LogP contribution in [-0.4, -0.2) is 22.7 Å². The van der Waals surface area contributed by atoms with Crippen LogP contribution in [0.25, 0.3) is 17.2 Å². The van der Waals surface area contributed by atoms with Crippen LogP contribution in [0.1, 0.15) is 12.5 Å². The predicted molar refractivity (Wildman–Crippen MR) is 98.1 cm³/mol. The third kappa shape index (κ3) is 4.15. The molecule has 1 heterocycles. The fraction of sp³-hybridized carbons (Fsp3) is 0.111. The number of para-hydroxylation sites is 2. The van der Waals surface area contributed by atoms with Crippen LogP contribution < -0.4 is 4.74 Å². The van der Waals surface area contributed by atoms with Gasteiger partial charge < -0.3 is 14.3 Å². The van der Waals surface area contributed by atoms with E-state index in [0.29, 0.717) is 34.0 Å². The van der Waals surface area contributed by atoms with Gasteiger partial charge in [0.05, 0.1) is 6.61 Å². The molecule has 0 aliphatic rings. The summed E-state index contributed by atoms with van der Waals surface area (Å²) in [6.07, 6.45) is 1.50. The Kier molecular flexibility index (Phi) is 5.31. The molecule has 5 nitrogen and oxygen atoms in total. The van der Waals surface area contributed by atoms with Crippen molar-refractivity contribution in [1.82, 2.24) is 4.98 Å². The second-order valence-electron chi connectivity index (χ2n) is 4.98. The number of carbonyl (C=O) groups is 1. The second-order valence-corrected chi connectivity index (χ2v) is 6.41. The Morgan fingerprint density at radius 2 is 2.16 bits per heavy atom. The summed E-state index contributed by atoms with van der Waals surface area (Å²) in [7, 11) is 0. The lowest BCUT2D eigenvalue weighted by Gasteiger charge is -2.08. The Hall–Kier alpha value is -2.44. The van der Waals surface area contributed by atoms with Crippen LogP contribution in [0.2, 0.25) is 5.02 Å². The molecule has 25 heavy (non-hydrogen) atoms. The average Bonchev–Trinajstić information content (AvgIpc) is 2.99. The van der Waals surface area contributed by atoms with Gasteiger partial charge in [0.15, 0.2) is 5.58 Å². The number of thioether (sulfide) groups is 1. The average molecular weight is 376 g/mol. The zero-order chi connectivity index (χ0) is 17.8. The molecular weight excluding hydrogens is 362 g/mol. The summed E-state index contributed by atoms with van der Waals surface area (Å²) in [5, 5.41) is 10.3. The molecule has 2 aromatic carbocycles. The molecule has 0 amide bonds. The zero-order valence-electron chi connectivity index (χ0n) is 13.2. The van der Waals surface area contributed by atoms with Gasteiger partial charge in [-0.25, -0.2) is 9.78 Å². The number of hydrogen-bond donors (Lipinski definition) is 1. The molecule has 0 unspecified atom stereocenters. The molecular formula is C18H14ClNO4S. The molecule has 7 heteroatoms. The van der Waals surface area contributed by atoms with Crippen molar-refractivity contribution in [2.24, 2.45) is 0 Å². The topological polar surface area (TPSA) is 72.6 Å². The molecule has 0 saturated heterocycles. The van der Waals surface area contributed by atoms with Gasteiger partial charge in [-0.1, -0.05) is 23.7 Å². The molecule has 0 bridgehead atoms. The van der Waals surface area contributed by atoms with E-state index in [1.165, 1.54) is 6.08 Å². The van der Waals surface area contributed by atoms with Crippen molar-refractivity contribution >= 4 is 46.5 Å². The number of aliphatic carboxylic acids is 1. The highest BCUT2D eigenvalue weighted by molar-refractivity contribution is 8.03. The normalized spacial score (nSPS) is 11.7. The SMILES string of the molecule is CCOc1ccc(Cl)cc1/C=C(\Sc1nc2ccccc2o1)C(=O)O. The van der Waals surface area contributed by atoms with Crippen molar-refractivity contribution in [2.75, 3.05) is 6.61 Å². The maximum atomic E-state index is 11.6. The molecule has 128 valence electrons. The lowest BCUT2D eigenvalue weighted by Crippen LogP contribution is -1.98. The molecule has 0 radical (unpaired) electrons. The van der Waals surface area contributed by atoms with Crippen molar-refractivity contribution in [3.05, 3.63) is 58.0 Å². The first-order valence-corrected chi connectivity index (χ1v) is 8.67. The van der Waals surface area contributed by atoms with Gasteiger partial charge in [0.2, 0.25) is 0 Å². The largest absolute Gasteiger partial charge is 0.493 e. The summed E-state index contributed by atoms with van der Waals surface area (Å²) in [4.78, 5) is 16.0.